The minimum atomic E-state index is 0.275. The van der Waals surface area contributed by atoms with Gasteiger partial charge in [-0.15, -0.1) is 0 Å². The second-order valence-electron chi connectivity index (χ2n) is 4.61. The quantitative estimate of drug-likeness (QED) is 0.875. The van der Waals surface area contributed by atoms with Crippen LogP contribution in [0.5, 0.6) is 17.4 Å². The molecule has 0 unspecified atom stereocenters. The Hall–Kier alpha value is -2.34. The summed E-state index contributed by atoms with van der Waals surface area (Å²) in [6.45, 7) is 4.32. The van der Waals surface area contributed by atoms with Gasteiger partial charge < -0.3 is 19.5 Å². The predicted molar refractivity (Wildman–Crippen MR) is 76.3 cm³/mol. The Morgan fingerprint density at radius 1 is 1.24 bits per heavy atom. The first kappa shape index (κ1) is 13.6. The Morgan fingerprint density at radius 2 is 2.14 bits per heavy atom. The Kier molecular flexibility index (Phi) is 4.16. The highest BCUT2D eigenvalue weighted by atomic mass is 16.7. The van der Waals surface area contributed by atoms with Crippen LogP contribution in [-0.4, -0.2) is 23.3 Å². The minimum Gasteiger partial charge on any atom is -0.472 e. The summed E-state index contributed by atoms with van der Waals surface area (Å²) >= 11 is 0. The molecule has 6 heteroatoms. The zero-order valence-corrected chi connectivity index (χ0v) is 11.8. The second kappa shape index (κ2) is 6.41. The maximum Gasteiger partial charge on any atom is 0.232 e. The van der Waals surface area contributed by atoms with E-state index in [1.165, 1.54) is 0 Å². The van der Waals surface area contributed by atoms with Gasteiger partial charge in [-0.3, -0.25) is 4.98 Å². The molecule has 0 fully saturated rings. The van der Waals surface area contributed by atoms with Gasteiger partial charge in [0.1, 0.15) is 6.61 Å². The van der Waals surface area contributed by atoms with Crippen LogP contribution in [0, 0.1) is 0 Å². The first-order valence-electron chi connectivity index (χ1n) is 6.88. The molecule has 0 spiro atoms. The molecular formula is C15H17N3O3. The van der Waals surface area contributed by atoms with Crippen LogP contribution in [0.4, 0.5) is 0 Å². The van der Waals surface area contributed by atoms with Crippen LogP contribution in [0.1, 0.15) is 18.2 Å². The Labute approximate surface area is 123 Å². The molecule has 1 N–H and O–H groups in total. The highest BCUT2D eigenvalue weighted by molar-refractivity contribution is 5.44. The number of fused-ring (bicyclic) bond motifs is 1. The van der Waals surface area contributed by atoms with Gasteiger partial charge in [0.05, 0.1) is 11.9 Å². The van der Waals surface area contributed by atoms with Gasteiger partial charge in [-0.2, -0.15) is 0 Å². The van der Waals surface area contributed by atoms with Crippen molar-refractivity contribution in [3.63, 3.8) is 0 Å². The van der Waals surface area contributed by atoms with Crippen LogP contribution in [0.15, 0.2) is 30.6 Å². The molecule has 0 radical (unpaired) electrons. The van der Waals surface area contributed by atoms with E-state index >= 15 is 0 Å². The number of nitrogens with zero attached hydrogens (tertiary/aromatic N) is 2. The first-order chi connectivity index (χ1) is 10.3. The minimum absolute atomic E-state index is 0.275. The van der Waals surface area contributed by atoms with Crippen LogP contribution >= 0.6 is 0 Å². The normalized spacial score (nSPS) is 12.4. The lowest BCUT2D eigenvalue weighted by Crippen LogP contribution is -2.13. The van der Waals surface area contributed by atoms with Gasteiger partial charge in [0, 0.05) is 12.7 Å². The molecule has 110 valence electrons. The summed E-state index contributed by atoms with van der Waals surface area (Å²) in [6, 6.07) is 5.75. The molecule has 0 amide bonds. The van der Waals surface area contributed by atoms with Crippen molar-refractivity contribution in [2.45, 2.75) is 20.1 Å². The summed E-state index contributed by atoms with van der Waals surface area (Å²) in [7, 11) is 0. The number of aromatic nitrogens is 2. The van der Waals surface area contributed by atoms with Crippen LogP contribution in [0.3, 0.4) is 0 Å². The molecule has 0 saturated heterocycles. The maximum atomic E-state index is 5.67. The third-order valence-corrected chi connectivity index (χ3v) is 3.04. The molecule has 1 aliphatic rings. The lowest BCUT2D eigenvalue weighted by molar-refractivity contribution is 0.174. The Balaban J connectivity index is 1.62. The summed E-state index contributed by atoms with van der Waals surface area (Å²) in [4.78, 5) is 8.53. The van der Waals surface area contributed by atoms with Crippen molar-refractivity contribution < 1.29 is 14.2 Å². The van der Waals surface area contributed by atoms with Crippen molar-refractivity contribution in [2.75, 3.05) is 13.3 Å². The molecule has 0 saturated carbocycles. The summed E-state index contributed by atoms with van der Waals surface area (Å²) in [6.07, 6.45) is 3.35. The average Bonchev–Trinajstić information content (AvgIpc) is 2.99. The smallest absolute Gasteiger partial charge is 0.232 e. The molecular weight excluding hydrogens is 270 g/mol. The van der Waals surface area contributed by atoms with E-state index in [-0.39, 0.29) is 6.79 Å². The van der Waals surface area contributed by atoms with Crippen molar-refractivity contribution in [1.82, 2.24) is 15.3 Å². The lowest BCUT2D eigenvalue weighted by Gasteiger charge is -2.07. The highest BCUT2D eigenvalue weighted by Crippen LogP contribution is 2.32. The number of benzene rings is 1. The molecule has 1 aromatic carbocycles. The summed E-state index contributed by atoms with van der Waals surface area (Å²) in [5.41, 5.74) is 1.86. The Morgan fingerprint density at radius 3 is 3.05 bits per heavy atom. The van der Waals surface area contributed by atoms with E-state index in [0.717, 1.165) is 29.3 Å². The fourth-order valence-electron chi connectivity index (χ4n) is 1.98. The van der Waals surface area contributed by atoms with Gasteiger partial charge in [0.15, 0.2) is 11.5 Å². The van der Waals surface area contributed by atoms with Gasteiger partial charge in [0.25, 0.3) is 0 Å². The fraction of sp³-hybridized carbons (Fsp3) is 0.333. The van der Waals surface area contributed by atoms with Crippen molar-refractivity contribution >= 4 is 0 Å². The number of nitrogens with one attached hydrogen (secondary N) is 1. The standard InChI is InChI=1S/C15H17N3O3/c1-2-16-6-12-7-17-8-15(18-12)19-9-11-3-4-13-14(5-11)21-10-20-13/h3-5,7-8,16H,2,6,9-10H2,1H3. The van der Waals surface area contributed by atoms with E-state index in [9.17, 15) is 0 Å². The number of rotatable bonds is 6. The summed E-state index contributed by atoms with van der Waals surface area (Å²) in [5, 5.41) is 3.21. The first-order valence-corrected chi connectivity index (χ1v) is 6.88. The molecule has 21 heavy (non-hydrogen) atoms. The molecule has 0 bridgehead atoms. The number of hydrogen-bond acceptors (Lipinski definition) is 6. The summed E-state index contributed by atoms with van der Waals surface area (Å²) in [5.74, 6) is 2.04. The maximum absolute atomic E-state index is 5.67. The predicted octanol–water partition coefficient (Wildman–Crippen LogP) is 1.89. The van der Waals surface area contributed by atoms with Crippen molar-refractivity contribution in [3.05, 3.63) is 41.9 Å². The molecule has 0 aliphatic carbocycles. The molecule has 2 heterocycles. The Bertz CT molecular complexity index is 619. The van der Waals surface area contributed by atoms with E-state index in [1.54, 1.807) is 12.4 Å². The zero-order chi connectivity index (χ0) is 14.5. The number of hydrogen-bond donors (Lipinski definition) is 1. The van der Waals surface area contributed by atoms with Crippen molar-refractivity contribution in [3.8, 4) is 17.4 Å². The molecule has 0 atom stereocenters. The van der Waals surface area contributed by atoms with Gasteiger partial charge in [-0.1, -0.05) is 13.0 Å². The second-order valence-corrected chi connectivity index (χ2v) is 4.61. The molecule has 2 aromatic rings. The van der Waals surface area contributed by atoms with Crippen LogP contribution in [-0.2, 0) is 13.2 Å². The average molecular weight is 287 g/mol. The fourth-order valence-corrected chi connectivity index (χ4v) is 1.98. The highest BCUT2D eigenvalue weighted by Gasteiger charge is 2.13. The van der Waals surface area contributed by atoms with Crippen molar-refractivity contribution in [1.29, 1.82) is 0 Å². The van der Waals surface area contributed by atoms with Crippen LogP contribution in [0.2, 0.25) is 0 Å². The van der Waals surface area contributed by atoms with E-state index < -0.39 is 0 Å². The topological polar surface area (TPSA) is 65.5 Å². The number of ether oxygens (including phenoxy) is 3. The van der Waals surface area contributed by atoms with E-state index in [4.69, 9.17) is 14.2 Å². The SMILES string of the molecule is CCNCc1cncc(OCc2ccc3c(c2)OCO3)n1. The van der Waals surface area contributed by atoms with E-state index in [0.29, 0.717) is 19.0 Å². The zero-order valence-electron chi connectivity index (χ0n) is 11.8. The van der Waals surface area contributed by atoms with Gasteiger partial charge >= 0.3 is 0 Å². The third-order valence-electron chi connectivity index (χ3n) is 3.04. The summed E-state index contributed by atoms with van der Waals surface area (Å²) < 4.78 is 16.3. The molecule has 3 rings (SSSR count). The van der Waals surface area contributed by atoms with E-state index in [2.05, 4.69) is 15.3 Å². The monoisotopic (exact) mass is 287 g/mol. The van der Waals surface area contributed by atoms with Crippen LogP contribution < -0.4 is 19.5 Å². The van der Waals surface area contributed by atoms with E-state index in [1.807, 2.05) is 25.1 Å². The lowest BCUT2D eigenvalue weighted by atomic mass is 10.2. The molecule has 1 aliphatic heterocycles. The largest absolute Gasteiger partial charge is 0.472 e. The van der Waals surface area contributed by atoms with Crippen molar-refractivity contribution in [2.24, 2.45) is 0 Å². The van der Waals surface area contributed by atoms with Gasteiger partial charge in [-0.25, -0.2) is 4.98 Å². The molecule has 6 nitrogen and oxygen atoms in total. The molecule has 1 aromatic heterocycles. The third kappa shape index (κ3) is 3.41. The van der Waals surface area contributed by atoms with Crippen LogP contribution in [0.25, 0.3) is 0 Å². The van der Waals surface area contributed by atoms with Gasteiger partial charge in [-0.05, 0) is 24.2 Å². The van der Waals surface area contributed by atoms with Gasteiger partial charge in [0.2, 0.25) is 12.7 Å².